The number of methoxy groups -OCH3 is 1. The van der Waals surface area contributed by atoms with Gasteiger partial charge in [-0.05, 0) is 73.2 Å². The van der Waals surface area contributed by atoms with Gasteiger partial charge in [0, 0.05) is 16.5 Å². The van der Waals surface area contributed by atoms with E-state index in [1.54, 1.807) is 67.8 Å². The quantitative estimate of drug-likeness (QED) is 0.0865. The van der Waals surface area contributed by atoms with Crippen molar-refractivity contribution in [2.24, 2.45) is 0 Å². The summed E-state index contributed by atoms with van der Waals surface area (Å²) >= 11 is 0. The third-order valence-corrected chi connectivity index (χ3v) is 6.08. The van der Waals surface area contributed by atoms with Gasteiger partial charge in [0.1, 0.15) is 34.2 Å². The third-order valence-electron chi connectivity index (χ3n) is 6.08. The topological polar surface area (TPSA) is 75.0 Å². The van der Waals surface area contributed by atoms with E-state index in [-0.39, 0.29) is 5.78 Å². The van der Waals surface area contributed by atoms with Crippen molar-refractivity contribution >= 4 is 28.8 Å². The second kappa shape index (κ2) is 11.5. The molecule has 0 bridgehead atoms. The van der Waals surface area contributed by atoms with Crippen molar-refractivity contribution in [3.8, 4) is 28.6 Å². The molecule has 194 valence electrons. The minimum absolute atomic E-state index is 0.150. The summed E-state index contributed by atoms with van der Waals surface area (Å²) < 4.78 is 22.7. The van der Waals surface area contributed by atoms with E-state index in [2.05, 4.69) is 0 Å². The highest BCUT2D eigenvalue weighted by Crippen LogP contribution is 2.36. The van der Waals surface area contributed by atoms with Crippen LogP contribution >= 0.6 is 0 Å². The Balaban J connectivity index is 1.42. The first-order valence-electron chi connectivity index (χ1n) is 12.5. The van der Waals surface area contributed by atoms with Crippen molar-refractivity contribution in [1.29, 1.82) is 0 Å². The summed E-state index contributed by atoms with van der Waals surface area (Å²) in [6.45, 7) is 2.39. The van der Waals surface area contributed by atoms with Gasteiger partial charge in [-0.15, -0.1) is 0 Å². The highest BCUT2D eigenvalue weighted by atomic mass is 16.5. The van der Waals surface area contributed by atoms with Crippen LogP contribution in [-0.4, -0.2) is 25.5 Å². The maximum absolute atomic E-state index is 13.6. The number of benzene rings is 4. The summed E-state index contributed by atoms with van der Waals surface area (Å²) in [6.07, 6.45) is 3.16. The molecule has 0 saturated carbocycles. The van der Waals surface area contributed by atoms with E-state index in [0.717, 1.165) is 5.56 Å². The minimum Gasteiger partial charge on any atom is -0.497 e. The number of fused-ring (bicyclic) bond motifs is 1. The maximum Gasteiger partial charge on any atom is 0.348 e. The second-order valence-corrected chi connectivity index (χ2v) is 8.65. The zero-order valence-corrected chi connectivity index (χ0v) is 21.5. The van der Waals surface area contributed by atoms with Crippen molar-refractivity contribution in [1.82, 2.24) is 0 Å². The summed E-state index contributed by atoms with van der Waals surface area (Å²) in [5.41, 5.74) is 2.88. The molecule has 6 nitrogen and oxygen atoms in total. The number of rotatable bonds is 9. The Morgan fingerprint density at radius 2 is 1.59 bits per heavy atom. The lowest BCUT2D eigenvalue weighted by molar-refractivity contribution is 0.0736. The largest absolute Gasteiger partial charge is 0.497 e. The predicted molar refractivity (Wildman–Crippen MR) is 151 cm³/mol. The molecule has 0 atom stereocenters. The molecule has 0 aliphatic carbocycles. The summed E-state index contributed by atoms with van der Waals surface area (Å²) in [7, 11) is 1.58. The molecule has 0 amide bonds. The lowest BCUT2D eigenvalue weighted by Crippen LogP contribution is -2.09. The molecule has 0 N–H and O–H groups in total. The van der Waals surface area contributed by atoms with Crippen LogP contribution < -0.4 is 14.2 Å². The normalized spacial score (nSPS) is 11.0. The Morgan fingerprint density at radius 1 is 0.821 bits per heavy atom. The van der Waals surface area contributed by atoms with E-state index in [9.17, 15) is 9.59 Å². The summed E-state index contributed by atoms with van der Waals surface area (Å²) in [5.74, 6) is 1.37. The number of esters is 1. The highest BCUT2D eigenvalue weighted by Gasteiger charge is 2.24. The van der Waals surface area contributed by atoms with Crippen molar-refractivity contribution < 1.29 is 28.2 Å². The number of ketones is 1. The molecular formula is C33H26O6. The van der Waals surface area contributed by atoms with Gasteiger partial charge in [0.25, 0.3) is 0 Å². The van der Waals surface area contributed by atoms with E-state index >= 15 is 0 Å². The van der Waals surface area contributed by atoms with Crippen LogP contribution in [0.5, 0.6) is 17.2 Å². The molecule has 0 aliphatic heterocycles. The third kappa shape index (κ3) is 5.75. The van der Waals surface area contributed by atoms with Crippen LogP contribution in [0.15, 0.2) is 108 Å². The average Bonchev–Trinajstić information content (AvgIpc) is 3.36. The molecule has 5 rings (SSSR count). The number of carbonyl (C=O) groups is 2. The summed E-state index contributed by atoms with van der Waals surface area (Å²) in [5, 5.41) is 0.603. The van der Waals surface area contributed by atoms with Crippen molar-refractivity contribution in [3.63, 3.8) is 0 Å². The van der Waals surface area contributed by atoms with Gasteiger partial charge in [0.15, 0.2) is 5.78 Å². The van der Waals surface area contributed by atoms with Crippen molar-refractivity contribution in [2.75, 3.05) is 13.7 Å². The standard InChI is InChI=1S/C33H26O6/c1-3-37-26-17-19-30-28(21-26)31(32(39-30)24-9-5-4-6-10-24)33(35)38-27-11-7-8-22(20-27)12-18-29(34)23-13-15-25(36-2)16-14-23/h4-21H,3H2,1-2H3. The van der Waals surface area contributed by atoms with Gasteiger partial charge < -0.3 is 18.6 Å². The Bertz CT molecular complexity index is 1650. The molecule has 1 heterocycles. The molecule has 5 aromatic rings. The van der Waals surface area contributed by atoms with Crippen LogP contribution in [-0.2, 0) is 0 Å². The molecule has 0 spiro atoms. The molecule has 4 aromatic carbocycles. The smallest absolute Gasteiger partial charge is 0.348 e. The number of hydrogen-bond acceptors (Lipinski definition) is 6. The molecule has 0 radical (unpaired) electrons. The molecule has 0 saturated heterocycles. The van der Waals surface area contributed by atoms with Crippen molar-refractivity contribution in [2.45, 2.75) is 6.92 Å². The van der Waals surface area contributed by atoms with Crippen LogP contribution in [0, 0.1) is 0 Å². The fraction of sp³-hybridized carbons (Fsp3) is 0.0909. The van der Waals surface area contributed by atoms with Gasteiger partial charge in [0.05, 0.1) is 13.7 Å². The lowest BCUT2D eigenvalue weighted by atomic mass is 10.1. The van der Waals surface area contributed by atoms with Gasteiger partial charge in [-0.2, -0.15) is 0 Å². The van der Waals surface area contributed by atoms with Crippen LogP contribution in [0.2, 0.25) is 0 Å². The number of carbonyl (C=O) groups excluding carboxylic acids is 2. The fourth-order valence-corrected chi connectivity index (χ4v) is 4.19. The van der Waals surface area contributed by atoms with Crippen LogP contribution in [0.4, 0.5) is 0 Å². The molecule has 0 aliphatic rings. The van der Waals surface area contributed by atoms with E-state index in [4.69, 9.17) is 18.6 Å². The van der Waals surface area contributed by atoms with Gasteiger partial charge >= 0.3 is 5.97 Å². The summed E-state index contributed by atoms with van der Waals surface area (Å²) in [4.78, 5) is 26.1. The SMILES string of the molecule is CCOc1ccc2oc(-c3ccccc3)c(C(=O)Oc3cccc(C=CC(=O)c4ccc(OC)cc4)c3)c2c1. The summed E-state index contributed by atoms with van der Waals surface area (Å²) in [6, 6.07) is 28.7. The Morgan fingerprint density at radius 3 is 2.33 bits per heavy atom. The Hall–Kier alpha value is -5.10. The first-order chi connectivity index (χ1) is 19.1. The predicted octanol–water partition coefficient (Wildman–Crippen LogP) is 7.62. The van der Waals surface area contributed by atoms with Crippen LogP contribution in [0.25, 0.3) is 28.4 Å². The molecule has 0 unspecified atom stereocenters. The monoisotopic (exact) mass is 518 g/mol. The second-order valence-electron chi connectivity index (χ2n) is 8.65. The zero-order valence-electron chi connectivity index (χ0n) is 21.5. The zero-order chi connectivity index (χ0) is 27.2. The van der Waals surface area contributed by atoms with Crippen LogP contribution in [0.1, 0.15) is 33.2 Å². The molecule has 39 heavy (non-hydrogen) atoms. The first-order valence-corrected chi connectivity index (χ1v) is 12.5. The molecule has 6 heteroatoms. The average molecular weight is 519 g/mol. The molecular weight excluding hydrogens is 492 g/mol. The fourth-order valence-electron chi connectivity index (χ4n) is 4.19. The van der Waals surface area contributed by atoms with Crippen molar-refractivity contribution in [3.05, 3.63) is 120 Å². The van der Waals surface area contributed by atoms with E-state index in [0.29, 0.717) is 57.3 Å². The van der Waals surface area contributed by atoms with Gasteiger partial charge in [0.2, 0.25) is 0 Å². The number of furan rings is 1. The van der Waals surface area contributed by atoms with Gasteiger partial charge in [-0.1, -0.05) is 48.5 Å². The Labute approximate surface area is 226 Å². The van der Waals surface area contributed by atoms with E-state index in [1.165, 1.54) is 6.08 Å². The van der Waals surface area contributed by atoms with E-state index in [1.807, 2.05) is 49.4 Å². The first kappa shape index (κ1) is 25.5. The molecule has 0 fully saturated rings. The Kier molecular flexibility index (Phi) is 7.55. The molecule has 1 aromatic heterocycles. The maximum atomic E-state index is 13.6. The highest BCUT2D eigenvalue weighted by molar-refractivity contribution is 6.10. The number of allylic oxidation sites excluding steroid dienone is 1. The lowest BCUT2D eigenvalue weighted by Gasteiger charge is -2.07. The van der Waals surface area contributed by atoms with E-state index < -0.39 is 5.97 Å². The number of ether oxygens (including phenoxy) is 3. The van der Waals surface area contributed by atoms with Crippen LogP contribution in [0.3, 0.4) is 0 Å². The van der Waals surface area contributed by atoms with Gasteiger partial charge in [-0.25, -0.2) is 4.79 Å². The minimum atomic E-state index is -0.559. The van der Waals surface area contributed by atoms with Gasteiger partial charge in [-0.3, -0.25) is 4.79 Å². The number of hydrogen-bond donors (Lipinski definition) is 0.